The quantitative estimate of drug-likeness (QED) is 0.181. The minimum Gasteiger partial charge on any atom is -0.0619 e. The normalized spacial score (nSPS) is 13.5. The Morgan fingerprint density at radius 1 is 0.333 bits per heavy atom. The highest BCUT2D eigenvalue weighted by Crippen LogP contribution is 2.56. The van der Waals surface area contributed by atoms with Crippen molar-refractivity contribution in [1.82, 2.24) is 0 Å². The van der Waals surface area contributed by atoms with E-state index in [4.69, 9.17) is 0 Å². The molecule has 0 spiro atoms. The molecular weight excluding hydrogens is 577 g/mol. The first kappa shape index (κ1) is 29.2. The van der Waals surface area contributed by atoms with Crippen LogP contribution in [-0.4, -0.2) is 0 Å². The molecule has 7 aromatic rings. The average Bonchev–Trinajstić information content (AvgIpc) is 3.63. The SMILES string of the molecule is CC(C)(C)c1c2c(c(-c3ccccc3-c3c4c(c(C(C)(C)C)c5ccccc35)Cc3ccccc3-4)c3ccccc13)-c1ccccc1C2. The molecule has 0 bridgehead atoms. The van der Waals surface area contributed by atoms with Gasteiger partial charge in [-0.3, -0.25) is 0 Å². The summed E-state index contributed by atoms with van der Waals surface area (Å²) < 4.78 is 0. The third kappa shape index (κ3) is 4.15. The molecule has 7 aromatic carbocycles. The number of fused-ring (bicyclic) bond motifs is 8. The van der Waals surface area contributed by atoms with Crippen molar-refractivity contribution in [2.45, 2.75) is 65.2 Å². The van der Waals surface area contributed by atoms with Gasteiger partial charge < -0.3 is 0 Å². The van der Waals surface area contributed by atoms with Crippen LogP contribution in [0, 0.1) is 0 Å². The summed E-state index contributed by atoms with van der Waals surface area (Å²) in [6.07, 6.45) is 1.95. The van der Waals surface area contributed by atoms with Crippen molar-refractivity contribution < 1.29 is 0 Å². The second kappa shape index (κ2) is 10.3. The summed E-state index contributed by atoms with van der Waals surface area (Å²) in [5.74, 6) is 0. The van der Waals surface area contributed by atoms with E-state index in [0.29, 0.717) is 0 Å². The minimum absolute atomic E-state index is 0.00724. The Hall–Kier alpha value is -4.94. The lowest BCUT2D eigenvalue weighted by atomic mass is 9.74. The monoisotopic (exact) mass is 618 g/mol. The highest BCUT2D eigenvalue weighted by Gasteiger charge is 2.35. The maximum absolute atomic E-state index is 2.40. The van der Waals surface area contributed by atoms with Crippen molar-refractivity contribution in [3.63, 3.8) is 0 Å². The van der Waals surface area contributed by atoms with Gasteiger partial charge in [0.05, 0.1) is 0 Å². The van der Waals surface area contributed by atoms with Crippen LogP contribution < -0.4 is 0 Å². The van der Waals surface area contributed by atoms with Gasteiger partial charge in [-0.25, -0.2) is 0 Å². The lowest BCUT2D eigenvalue weighted by molar-refractivity contribution is 0.590. The zero-order chi connectivity index (χ0) is 32.9. The van der Waals surface area contributed by atoms with Gasteiger partial charge in [-0.2, -0.15) is 0 Å². The van der Waals surface area contributed by atoms with E-state index in [-0.39, 0.29) is 10.8 Å². The highest BCUT2D eigenvalue weighted by molar-refractivity contribution is 6.16. The molecule has 0 saturated heterocycles. The minimum atomic E-state index is 0.00724. The van der Waals surface area contributed by atoms with Gasteiger partial charge in [0.15, 0.2) is 0 Å². The molecule has 0 heteroatoms. The van der Waals surface area contributed by atoms with Crippen molar-refractivity contribution in [2.24, 2.45) is 0 Å². The first-order valence-electron chi connectivity index (χ1n) is 17.6. The van der Waals surface area contributed by atoms with Crippen molar-refractivity contribution in [2.75, 3.05) is 0 Å². The van der Waals surface area contributed by atoms with Crippen molar-refractivity contribution in [1.29, 1.82) is 0 Å². The molecule has 0 amide bonds. The van der Waals surface area contributed by atoms with Crippen molar-refractivity contribution in [3.8, 4) is 44.5 Å². The number of benzene rings is 7. The summed E-state index contributed by atoms with van der Waals surface area (Å²) >= 11 is 0. The van der Waals surface area contributed by atoms with Gasteiger partial charge in [0, 0.05) is 0 Å². The van der Waals surface area contributed by atoms with E-state index in [1.165, 1.54) is 99.4 Å². The molecule has 0 nitrogen and oxygen atoms in total. The fraction of sp³-hybridized carbons (Fsp3) is 0.208. The number of hydrogen-bond acceptors (Lipinski definition) is 0. The van der Waals surface area contributed by atoms with E-state index < -0.39 is 0 Å². The maximum atomic E-state index is 2.40. The molecule has 48 heavy (non-hydrogen) atoms. The predicted octanol–water partition coefficient (Wildman–Crippen LogP) is 13.1. The van der Waals surface area contributed by atoms with Gasteiger partial charge >= 0.3 is 0 Å². The third-order valence-electron chi connectivity index (χ3n) is 10.9. The summed E-state index contributed by atoms with van der Waals surface area (Å²) in [6, 6.07) is 45.9. The fourth-order valence-corrected chi connectivity index (χ4v) is 9.34. The van der Waals surface area contributed by atoms with Crippen molar-refractivity contribution in [3.05, 3.63) is 155 Å². The third-order valence-corrected chi connectivity index (χ3v) is 10.9. The smallest absolute Gasteiger partial charge is 0.00101 e. The molecule has 0 heterocycles. The van der Waals surface area contributed by atoms with E-state index in [9.17, 15) is 0 Å². The fourth-order valence-electron chi connectivity index (χ4n) is 9.34. The molecule has 0 radical (unpaired) electrons. The Kier molecular flexibility index (Phi) is 6.26. The van der Waals surface area contributed by atoms with Crippen LogP contribution in [0.2, 0.25) is 0 Å². The topological polar surface area (TPSA) is 0 Å². The molecule has 0 unspecified atom stereocenters. The number of rotatable bonds is 2. The van der Waals surface area contributed by atoms with E-state index in [1.807, 2.05) is 0 Å². The molecule has 2 aliphatic carbocycles. The first-order chi connectivity index (χ1) is 23.1. The molecule has 0 saturated carbocycles. The van der Waals surface area contributed by atoms with Crippen LogP contribution in [0.5, 0.6) is 0 Å². The standard InChI is InChI=1S/C48H42/c1-47(2,3)45-37-25-15-13-23-35(37)43(41-31-19-9-7-17-29(31)27-39(41)45)33-21-11-12-22-34(33)44-36-24-14-16-26-38(36)46(48(4,5)6)40-28-30-18-8-10-20-32(30)42(40)44/h7-26H,27-28H2,1-6H3. The maximum Gasteiger partial charge on any atom is -0.00101 e. The van der Waals surface area contributed by atoms with E-state index >= 15 is 0 Å². The number of hydrogen-bond donors (Lipinski definition) is 0. The lowest BCUT2D eigenvalue weighted by Gasteiger charge is -2.30. The van der Waals surface area contributed by atoms with Gasteiger partial charge in [-0.1, -0.05) is 163 Å². The highest BCUT2D eigenvalue weighted by atomic mass is 14.4. The molecule has 0 atom stereocenters. The van der Waals surface area contributed by atoms with Gasteiger partial charge in [-0.15, -0.1) is 0 Å². The van der Waals surface area contributed by atoms with Gasteiger partial charge in [0.1, 0.15) is 0 Å². The Morgan fingerprint density at radius 3 is 1.02 bits per heavy atom. The molecule has 2 aliphatic rings. The zero-order valence-electron chi connectivity index (χ0n) is 29.0. The molecular formula is C48H42. The summed E-state index contributed by atoms with van der Waals surface area (Å²) in [5, 5.41) is 5.45. The van der Waals surface area contributed by atoms with E-state index in [1.54, 1.807) is 0 Å². The molecule has 9 rings (SSSR count). The van der Waals surface area contributed by atoms with Crippen LogP contribution in [0.15, 0.2) is 121 Å². The summed E-state index contributed by atoms with van der Waals surface area (Å²) in [7, 11) is 0. The van der Waals surface area contributed by atoms with Gasteiger partial charge in [-0.05, 0) is 123 Å². The molecule has 234 valence electrons. The average molecular weight is 619 g/mol. The predicted molar refractivity (Wildman–Crippen MR) is 206 cm³/mol. The Morgan fingerprint density at radius 2 is 0.646 bits per heavy atom. The zero-order valence-corrected chi connectivity index (χ0v) is 29.0. The van der Waals surface area contributed by atoms with Crippen LogP contribution in [0.4, 0.5) is 0 Å². The summed E-state index contributed by atoms with van der Waals surface area (Å²) in [5.41, 5.74) is 19.9. The summed E-state index contributed by atoms with van der Waals surface area (Å²) in [4.78, 5) is 0. The largest absolute Gasteiger partial charge is 0.0619 e. The molecule has 0 aromatic heterocycles. The van der Waals surface area contributed by atoms with Gasteiger partial charge in [0.25, 0.3) is 0 Å². The Balaban J connectivity index is 1.47. The second-order valence-corrected chi connectivity index (χ2v) is 16.0. The summed E-state index contributed by atoms with van der Waals surface area (Å²) in [6.45, 7) is 14.3. The first-order valence-corrected chi connectivity index (χ1v) is 17.6. The van der Waals surface area contributed by atoms with Crippen LogP contribution in [0.3, 0.4) is 0 Å². The Labute approximate surface area is 285 Å². The second-order valence-electron chi connectivity index (χ2n) is 16.0. The van der Waals surface area contributed by atoms with Crippen LogP contribution in [0.1, 0.15) is 74.9 Å². The molecule has 0 aliphatic heterocycles. The van der Waals surface area contributed by atoms with Crippen LogP contribution in [0.25, 0.3) is 66.1 Å². The van der Waals surface area contributed by atoms with Crippen molar-refractivity contribution >= 4 is 21.5 Å². The van der Waals surface area contributed by atoms with E-state index in [2.05, 4.69) is 163 Å². The molecule has 0 fully saturated rings. The van der Waals surface area contributed by atoms with Crippen LogP contribution in [-0.2, 0) is 23.7 Å². The Bertz CT molecular complexity index is 2280. The van der Waals surface area contributed by atoms with Crippen LogP contribution >= 0.6 is 0 Å². The molecule has 0 N–H and O–H groups in total. The van der Waals surface area contributed by atoms with Gasteiger partial charge in [0.2, 0.25) is 0 Å². The van der Waals surface area contributed by atoms with E-state index in [0.717, 1.165) is 12.8 Å². The lowest BCUT2D eigenvalue weighted by Crippen LogP contribution is -2.16.